The molecule has 2 aromatic rings. The van der Waals surface area contributed by atoms with Gasteiger partial charge in [-0.05, 0) is 29.3 Å². The first-order chi connectivity index (χ1) is 12.4. The third kappa shape index (κ3) is 5.27. The van der Waals surface area contributed by atoms with Gasteiger partial charge in [-0.2, -0.15) is 0 Å². The molecule has 0 aliphatic carbocycles. The van der Waals surface area contributed by atoms with Gasteiger partial charge in [0.15, 0.2) is 11.6 Å². The predicted molar refractivity (Wildman–Crippen MR) is 90.0 cm³/mol. The maximum absolute atomic E-state index is 13.9. The topological polar surface area (TPSA) is 47.6 Å². The van der Waals surface area contributed by atoms with Crippen molar-refractivity contribution in [2.75, 3.05) is 14.2 Å². The van der Waals surface area contributed by atoms with Crippen molar-refractivity contribution in [2.24, 2.45) is 0 Å². The second-order valence-electron chi connectivity index (χ2n) is 5.43. The van der Waals surface area contributed by atoms with Crippen molar-refractivity contribution >= 4 is 5.97 Å². The van der Waals surface area contributed by atoms with Crippen molar-refractivity contribution in [2.45, 2.75) is 13.0 Å². The highest BCUT2D eigenvalue weighted by Gasteiger charge is 2.12. The van der Waals surface area contributed by atoms with E-state index in [1.807, 2.05) is 12.1 Å². The van der Waals surface area contributed by atoms with E-state index in [2.05, 4.69) is 10.1 Å². The molecule has 7 heteroatoms. The zero-order chi connectivity index (χ0) is 19.1. The molecule has 2 aromatic carbocycles. The second-order valence-corrected chi connectivity index (χ2v) is 5.43. The Morgan fingerprint density at radius 2 is 1.69 bits per heavy atom. The van der Waals surface area contributed by atoms with E-state index in [0.29, 0.717) is 24.1 Å². The minimum absolute atomic E-state index is 0.0821. The summed E-state index contributed by atoms with van der Waals surface area (Å²) in [6.07, 6.45) is 1.01. The van der Waals surface area contributed by atoms with E-state index >= 15 is 0 Å². The Hall–Kier alpha value is -2.96. The van der Waals surface area contributed by atoms with Gasteiger partial charge < -0.3 is 14.8 Å². The van der Waals surface area contributed by atoms with Crippen molar-refractivity contribution in [3.63, 3.8) is 0 Å². The second kappa shape index (κ2) is 8.94. The van der Waals surface area contributed by atoms with Gasteiger partial charge in [0.25, 0.3) is 0 Å². The number of ether oxygens (including phenoxy) is 2. The first kappa shape index (κ1) is 19.4. The van der Waals surface area contributed by atoms with Crippen LogP contribution in [0.5, 0.6) is 5.75 Å². The molecular formula is C19H18F3NO3. The number of esters is 1. The Labute approximate surface area is 149 Å². The molecular weight excluding hydrogens is 347 g/mol. The third-order valence-corrected chi connectivity index (χ3v) is 3.64. The molecule has 0 bridgehead atoms. The molecule has 0 aliphatic rings. The van der Waals surface area contributed by atoms with Crippen molar-refractivity contribution < 1.29 is 27.4 Å². The largest absolute Gasteiger partial charge is 0.497 e. The summed E-state index contributed by atoms with van der Waals surface area (Å²) in [5.41, 5.74) is 1.10. The van der Waals surface area contributed by atoms with Gasteiger partial charge in [-0.15, -0.1) is 0 Å². The zero-order valence-electron chi connectivity index (χ0n) is 14.3. The summed E-state index contributed by atoms with van der Waals surface area (Å²) in [6.45, 7) is 0.331. The number of carbonyl (C=O) groups is 1. The van der Waals surface area contributed by atoms with Gasteiger partial charge >= 0.3 is 5.97 Å². The molecule has 0 aliphatic heterocycles. The summed E-state index contributed by atoms with van der Waals surface area (Å²) in [6, 6.07) is 8.43. The van der Waals surface area contributed by atoms with E-state index in [-0.39, 0.29) is 12.0 Å². The van der Waals surface area contributed by atoms with Gasteiger partial charge in [-0.3, -0.25) is 0 Å². The highest BCUT2D eigenvalue weighted by Crippen LogP contribution is 2.17. The van der Waals surface area contributed by atoms with Crippen LogP contribution in [0, 0.1) is 17.5 Å². The lowest BCUT2D eigenvalue weighted by Crippen LogP contribution is -2.17. The fraction of sp³-hybridized carbons (Fsp3) is 0.211. The number of hydrogen-bond acceptors (Lipinski definition) is 4. The third-order valence-electron chi connectivity index (χ3n) is 3.64. The average molecular weight is 365 g/mol. The van der Waals surface area contributed by atoms with E-state index in [4.69, 9.17) is 4.74 Å². The smallest absolute Gasteiger partial charge is 0.332 e. The number of allylic oxidation sites excluding steroid dienone is 1. The van der Waals surface area contributed by atoms with E-state index in [1.54, 1.807) is 19.2 Å². The quantitative estimate of drug-likeness (QED) is 0.464. The molecule has 0 atom stereocenters. The SMILES string of the molecule is COC(=O)/C=C(/Cc1cc(F)c(F)cc1F)NCc1ccc(OC)cc1. The van der Waals surface area contributed by atoms with Crippen molar-refractivity contribution in [1.82, 2.24) is 5.32 Å². The van der Waals surface area contributed by atoms with Crippen LogP contribution in [-0.4, -0.2) is 20.2 Å². The maximum atomic E-state index is 13.9. The van der Waals surface area contributed by atoms with Crippen LogP contribution in [0.15, 0.2) is 48.2 Å². The number of hydrogen-bond donors (Lipinski definition) is 1. The predicted octanol–water partition coefficient (Wildman–Crippen LogP) is 3.50. The summed E-state index contributed by atoms with van der Waals surface area (Å²) in [7, 11) is 2.76. The highest BCUT2D eigenvalue weighted by atomic mass is 19.2. The van der Waals surface area contributed by atoms with Crippen LogP contribution in [0.2, 0.25) is 0 Å². The van der Waals surface area contributed by atoms with Gasteiger partial charge in [0.2, 0.25) is 0 Å². The number of rotatable bonds is 7. The Bertz CT molecular complexity index is 804. The van der Waals surface area contributed by atoms with Crippen molar-refractivity contribution in [1.29, 1.82) is 0 Å². The standard InChI is InChI=1S/C19H18F3NO3/c1-25-15-5-3-12(4-6-15)11-23-14(9-19(24)26-2)7-13-8-17(21)18(22)10-16(13)20/h3-6,8-10,23H,7,11H2,1-2H3/b14-9-. The summed E-state index contributed by atoms with van der Waals surface area (Å²) < 4.78 is 50.0. The van der Waals surface area contributed by atoms with Crippen LogP contribution in [0.3, 0.4) is 0 Å². The molecule has 4 nitrogen and oxygen atoms in total. The van der Waals surface area contributed by atoms with Crippen LogP contribution in [0.25, 0.3) is 0 Å². The monoisotopic (exact) mass is 365 g/mol. The number of nitrogens with one attached hydrogen (secondary N) is 1. The van der Waals surface area contributed by atoms with E-state index in [1.165, 1.54) is 7.11 Å². The van der Waals surface area contributed by atoms with Gasteiger partial charge in [0.1, 0.15) is 11.6 Å². The fourth-order valence-corrected chi connectivity index (χ4v) is 2.23. The molecule has 0 heterocycles. The summed E-state index contributed by atoms with van der Waals surface area (Å²) in [4.78, 5) is 11.5. The number of benzene rings is 2. The number of halogens is 3. The van der Waals surface area contributed by atoms with Crippen LogP contribution in [-0.2, 0) is 22.5 Å². The Morgan fingerprint density at radius 1 is 1.04 bits per heavy atom. The van der Waals surface area contributed by atoms with Gasteiger partial charge in [-0.25, -0.2) is 18.0 Å². The lowest BCUT2D eigenvalue weighted by atomic mass is 10.1. The van der Waals surface area contributed by atoms with Crippen molar-refractivity contribution in [3.8, 4) is 5.75 Å². The van der Waals surface area contributed by atoms with Gasteiger partial charge in [0, 0.05) is 30.8 Å². The Morgan fingerprint density at radius 3 is 2.31 bits per heavy atom. The minimum atomic E-state index is -1.27. The van der Waals surface area contributed by atoms with Gasteiger partial charge in [0.05, 0.1) is 14.2 Å². The first-order valence-corrected chi connectivity index (χ1v) is 7.71. The molecule has 0 radical (unpaired) electrons. The lowest BCUT2D eigenvalue weighted by molar-refractivity contribution is -0.134. The van der Waals surface area contributed by atoms with Crippen LogP contribution in [0.4, 0.5) is 13.2 Å². The maximum Gasteiger partial charge on any atom is 0.332 e. The van der Waals surface area contributed by atoms with Crippen molar-refractivity contribution in [3.05, 3.63) is 76.7 Å². The minimum Gasteiger partial charge on any atom is -0.497 e. The Kier molecular flexibility index (Phi) is 6.66. The zero-order valence-corrected chi connectivity index (χ0v) is 14.3. The van der Waals surface area contributed by atoms with E-state index in [0.717, 1.165) is 17.7 Å². The average Bonchev–Trinajstić information content (AvgIpc) is 2.64. The van der Waals surface area contributed by atoms with E-state index < -0.39 is 23.4 Å². The molecule has 2 rings (SSSR count). The number of methoxy groups -OCH3 is 2. The Balaban J connectivity index is 2.17. The molecule has 0 saturated heterocycles. The van der Waals surface area contributed by atoms with Gasteiger partial charge in [-0.1, -0.05) is 12.1 Å². The molecule has 26 heavy (non-hydrogen) atoms. The fourth-order valence-electron chi connectivity index (χ4n) is 2.23. The molecule has 0 spiro atoms. The van der Waals surface area contributed by atoms with Crippen LogP contribution < -0.4 is 10.1 Å². The van der Waals surface area contributed by atoms with Crippen LogP contribution >= 0.6 is 0 Å². The highest BCUT2D eigenvalue weighted by molar-refractivity contribution is 5.82. The molecule has 0 amide bonds. The van der Waals surface area contributed by atoms with E-state index in [9.17, 15) is 18.0 Å². The summed E-state index contributed by atoms with van der Waals surface area (Å²) >= 11 is 0. The number of carbonyl (C=O) groups excluding carboxylic acids is 1. The molecule has 138 valence electrons. The molecule has 1 N–H and O–H groups in total. The molecule has 0 aromatic heterocycles. The summed E-state index contributed by atoms with van der Waals surface area (Å²) in [5, 5.41) is 2.99. The molecule has 0 fully saturated rings. The molecule has 0 unspecified atom stereocenters. The lowest BCUT2D eigenvalue weighted by Gasteiger charge is -2.12. The van der Waals surface area contributed by atoms with Crippen LogP contribution in [0.1, 0.15) is 11.1 Å². The first-order valence-electron chi connectivity index (χ1n) is 7.71. The summed E-state index contributed by atoms with van der Waals surface area (Å²) in [5.74, 6) is -3.27. The molecule has 0 saturated carbocycles. The normalized spacial score (nSPS) is 11.2.